The van der Waals surface area contributed by atoms with Crippen molar-refractivity contribution in [3.05, 3.63) is 0 Å². The molecule has 0 bridgehead atoms. The number of rotatable bonds is 18. The van der Waals surface area contributed by atoms with Crippen LogP contribution < -0.4 is 0 Å². The van der Waals surface area contributed by atoms with Crippen LogP contribution in [0.15, 0.2) is 0 Å². The molecule has 0 amide bonds. The Morgan fingerprint density at radius 2 is 1.09 bits per heavy atom. The maximum atomic E-state index is 6.11. The fraction of sp³-hybridized carbons (Fsp3) is 1.00. The first kappa shape index (κ1) is 23.5. The third-order valence-corrected chi connectivity index (χ3v) is 7.46. The second kappa shape index (κ2) is 17.3. The van der Waals surface area contributed by atoms with Crippen LogP contribution in [0.2, 0.25) is 19.1 Å². The van der Waals surface area contributed by atoms with Crippen molar-refractivity contribution < 1.29 is 4.43 Å². The number of alkyl halides is 1. The third kappa shape index (κ3) is 18.6. The van der Waals surface area contributed by atoms with Gasteiger partial charge in [-0.25, -0.2) is 0 Å². The summed E-state index contributed by atoms with van der Waals surface area (Å²) >= 11 is 5.77. The van der Waals surface area contributed by atoms with Crippen molar-refractivity contribution in [3.8, 4) is 0 Å². The summed E-state index contributed by atoms with van der Waals surface area (Å²) in [4.78, 5) is 0. The fourth-order valence-electron chi connectivity index (χ4n) is 3.03. The molecular formula is C20H43ClOSi. The Kier molecular flexibility index (Phi) is 17.6. The summed E-state index contributed by atoms with van der Waals surface area (Å²) in [5, 5.41) is 0. The van der Waals surface area contributed by atoms with Gasteiger partial charge in [0, 0.05) is 12.5 Å². The Labute approximate surface area is 153 Å². The van der Waals surface area contributed by atoms with Crippen LogP contribution in [0.4, 0.5) is 0 Å². The van der Waals surface area contributed by atoms with Crippen molar-refractivity contribution >= 4 is 19.9 Å². The van der Waals surface area contributed by atoms with Gasteiger partial charge in [-0.3, -0.25) is 0 Å². The first-order valence-electron chi connectivity index (χ1n) is 10.3. The quantitative estimate of drug-likeness (QED) is 0.136. The van der Waals surface area contributed by atoms with Crippen molar-refractivity contribution in [2.75, 3.05) is 12.5 Å². The van der Waals surface area contributed by atoms with Crippen LogP contribution in [0, 0.1) is 0 Å². The zero-order chi connectivity index (χ0) is 17.2. The lowest BCUT2D eigenvalue weighted by Gasteiger charge is -2.22. The molecule has 0 fully saturated rings. The van der Waals surface area contributed by atoms with Crippen LogP contribution >= 0.6 is 11.6 Å². The van der Waals surface area contributed by atoms with Gasteiger partial charge < -0.3 is 4.43 Å². The van der Waals surface area contributed by atoms with E-state index in [2.05, 4.69) is 20.0 Å². The molecule has 0 aromatic carbocycles. The van der Waals surface area contributed by atoms with Crippen molar-refractivity contribution in [2.24, 2.45) is 0 Å². The molecule has 0 heterocycles. The molecule has 0 saturated heterocycles. The average Bonchev–Trinajstić information content (AvgIpc) is 2.53. The molecule has 0 saturated carbocycles. The van der Waals surface area contributed by atoms with Gasteiger partial charge in [-0.15, -0.1) is 11.6 Å². The second-order valence-electron chi connectivity index (χ2n) is 7.64. The number of hydrogen-bond donors (Lipinski definition) is 0. The number of halogens is 1. The van der Waals surface area contributed by atoms with Crippen LogP contribution in [0.5, 0.6) is 0 Å². The summed E-state index contributed by atoms with van der Waals surface area (Å²) in [6.07, 6.45) is 19.5. The highest BCUT2D eigenvalue weighted by molar-refractivity contribution is 6.71. The lowest BCUT2D eigenvalue weighted by atomic mass is 10.0. The van der Waals surface area contributed by atoms with Crippen LogP contribution in [0.3, 0.4) is 0 Å². The van der Waals surface area contributed by atoms with Crippen LogP contribution in [-0.2, 0) is 4.43 Å². The van der Waals surface area contributed by atoms with Crippen molar-refractivity contribution in [2.45, 2.75) is 116 Å². The third-order valence-electron chi connectivity index (χ3n) is 4.65. The molecule has 140 valence electrons. The van der Waals surface area contributed by atoms with E-state index in [0.29, 0.717) is 0 Å². The zero-order valence-electron chi connectivity index (χ0n) is 16.3. The zero-order valence-corrected chi connectivity index (χ0v) is 18.1. The monoisotopic (exact) mass is 362 g/mol. The minimum atomic E-state index is -1.41. The summed E-state index contributed by atoms with van der Waals surface area (Å²) in [7, 11) is -1.41. The molecule has 0 aromatic rings. The second-order valence-corrected chi connectivity index (χ2v) is 12.3. The fourth-order valence-corrected chi connectivity index (χ4v) is 5.26. The molecule has 3 heteroatoms. The molecule has 0 aliphatic carbocycles. The number of hydrogen-bond acceptors (Lipinski definition) is 1. The normalized spacial score (nSPS) is 12.0. The molecule has 0 rings (SSSR count). The molecule has 0 aromatic heterocycles. The number of unbranched alkanes of at least 4 members (excludes halogenated alkanes) is 12. The highest BCUT2D eigenvalue weighted by atomic mass is 35.5. The Hall–Kier alpha value is 0.467. The molecule has 23 heavy (non-hydrogen) atoms. The Bertz CT molecular complexity index is 234. The van der Waals surface area contributed by atoms with E-state index in [4.69, 9.17) is 16.0 Å². The van der Waals surface area contributed by atoms with E-state index in [1.165, 1.54) is 89.5 Å². The topological polar surface area (TPSA) is 9.23 Å². The maximum Gasteiger partial charge on any atom is 0.186 e. The van der Waals surface area contributed by atoms with Crippen molar-refractivity contribution in [1.82, 2.24) is 0 Å². The van der Waals surface area contributed by atoms with Crippen LogP contribution in [0.1, 0.15) is 96.8 Å². The lowest BCUT2D eigenvalue weighted by Crippen LogP contribution is -2.30. The Morgan fingerprint density at radius 3 is 1.52 bits per heavy atom. The minimum Gasteiger partial charge on any atom is -0.417 e. The average molecular weight is 363 g/mol. The summed E-state index contributed by atoms with van der Waals surface area (Å²) < 4.78 is 6.11. The molecule has 0 unspecified atom stereocenters. The highest BCUT2D eigenvalue weighted by Gasteiger charge is 2.20. The molecule has 0 atom stereocenters. The predicted octanol–water partition coefficient (Wildman–Crippen LogP) is 7.93. The SMILES string of the molecule is CCCCCCCCCCCCCCCO[Si](C)(C)CCCCl. The molecule has 1 nitrogen and oxygen atoms in total. The summed E-state index contributed by atoms with van der Waals surface area (Å²) in [5.74, 6) is 0.776. The van der Waals surface area contributed by atoms with Gasteiger partial charge >= 0.3 is 0 Å². The van der Waals surface area contributed by atoms with Gasteiger partial charge in [0.2, 0.25) is 0 Å². The molecule has 0 aliphatic heterocycles. The lowest BCUT2D eigenvalue weighted by molar-refractivity contribution is 0.293. The van der Waals surface area contributed by atoms with Gasteiger partial charge in [0.15, 0.2) is 8.32 Å². The van der Waals surface area contributed by atoms with E-state index >= 15 is 0 Å². The highest BCUT2D eigenvalue weighted by Crippen LogP contribution is 2.16. The van der Waals surface area contributed by atoms with Gasteiger partial charge in [0.25, 0.3) is 0 Å². The molecule has 0 radical (unpaired) electrons. The van der Waals surface area contributed by atoms with Crippen LogP contribution in [0.25, 0.3) is 0 Å². The Balaban J connectivity index is 3.16. The Morgan fingerprint density at radius 1 is 0.652 bits per heavy atom. The van der Waals surface area contributed by atoms with Gasteiger partial charge in [-0.2, -0.15) is 0 Å². The summed E-state index contributed by atoms with van der Waals surface area (Å²) in [6.45, 7) is 7.90. The van der Waals surface area contributed by atoms with Crippen LogP contribution in [-0.4, -0.2) is 20.8 Å². The predicted molar refractivity (Wildman–Crippen MR) is 109 cm³/mol. The van der Waals surface area contributed by atoms with E-state index < -0.39 is 8.32 Å². The van der Waals surface area contributed by atoms with E-state index in [0.717, 1.165) is 18.9 Å². The van der Waals surface area contributed by atoms with E-state index in [1.807, 2.05) is 0 Å². The van der Waals surface area contributed by atoms with Crippen molar-refractivity contribution in [1.29, 1.82) is 0 Å². The summed E-state index contributed by atoms with van der Waals surface area (Å²) in [5.41, 5.74) is 0. The van der Waals surface area contributed by atoms with E-state index in [9.17, 15) is 0 Å². The maximum absolute atomic E-state index is 6.11. The summed E-state index contributed by atoms with van der Waals surface area (Å²) in [6, 6.07) is 1.20. The van der Waals surface area contributed by atoms with Crippen molar-refractivity contribution in [3.63, 3.8) is 0 Å². The van der Waals surface area contributed by atoms with Gasteiger partial charge in [-0.1, -0.05) is 84.0 Å². The largest absolute Gasteiger partial charge is 0.417 e. The van der Waals surface area contributed by atoms with E-state index in [1.54, 1.807) is 0 Å². The minimum absolute atomic E-state index is 0.776. The first-order valence-corrected chi connectivity index (χ1v) is 14.0. The van der Waals surface area contributed by atoms with E-state index in [-0.39, 0.29) is 0 Å². The molecule has 0 N–H and O–H groups in total. The molecular weight excluding hydrogens is 320 g/mol. The smallest absolute Gasteiger partial charge is 0.186 e. The molecule has 0 spiro atoms. The molecule has 0 aliphatic rings. The first-order chi connectivity index (χ1) is 11.1. The van der Waals surface area contributed by atoms with Gasteiger partial charge in [0.1, 0.15) is 0 Å². The standard InChI is InChI=1S/C20H43ClOSi/c1-4-5-6-7-8-9-10-11-12-13-14-15-16-19-22-23(2,3)20-17-18-21/h4-20H2,1-3H3. The van der Waals surface area contributed by atoms with Gasteiger partial charge in [-0.05, 0) is 32.0 Å². The van der Waals surface area contributed by atoms with Gasteiger partial charge in [0.05, 0.1) is 0 Å².